The van der Waals surface area contributed by atoms with Crippen molar-refractivity contribution in [1.82, 2.24) is 4.98 Å². The molecule has 0 fully saturated rings. The van der Waals surface area contributed by atoms with Crippen molar-refractivity contribution in [3.63, 3.8) is 0 Å². The van der Waals surface area contributed by atoms with Crippen LogP contribution in [0.2, 0.25) is 0 Å². The lowest BCUT2D eigenvalue weighted by atomic mass is 9.97. The van der Waals surface area contributed by atoms with Crippen molar-refractivity contribution in [2.24, 2.45) is 0 Å². The van der Waals surface area contributed by atoms with E-state index >= 15 is 0 Å². The summed E-state index contributed by atoms with van der Waals surface area (Å²) in [6.45, 7) is 1.66. The Morgan fingerprint density at radius 2 is 2.00 bits per heavy atom. The zero-order valence-corrected chi connectivity index (χ0v) is 7.21. The lowest BCUT2D eigenvalue weighted by Gasteiger charge is -2.14. The summed E-state index contributed by atoms with van der Waals surface area (Å²) in [5.41, 5.74) is 0.768. The molecule has 0 saturated heterocycles. The Hall–Kier alpha value is -1.42. The molecular weight excluding hydrogens is 170 g/mol. The first-order valence-electron chi connectivity index (χ1n) is 3.93. The van der Waals surface area contributed by atoms with Gasteiger partial charge in [0.2, 0.25) is 0 Å². The second kappa shape index (κ2) is 4.00. The van der Waals surface area contributed by atoms with Crippen LogP contribution in [-0.4, -0.2) is 27.3 Å². The van der Waals surface area contributed by atoms with Crippen LogP contribution in [0.15, 0.2) is 24.5 Å². The quantitative estimate of drug-likeness (QED) is 0.717. The van der Waals surface area contributed by atoms with E-state index < -0.39 is 18.0 Å². The van der Waals surface area contributed by atoms with Crippen LogP contribution in [0.25, 0.3) is 0 Å². The second-order valence-corrected chi connectivity index (χ2v) is 2.85. The Kier molecular flexibility index (Phi) is 2.97. The van der Waals surface area contributed by atoms with Gasteiger partial charge in [0.25, 0.3) is 0 Å². The number of aliphatic hydroxyl groups excluding tert-OH is 1. The minimum atomic E-state index is -1.36. The van der Waals surface area contributed by atoms with E-state index in [-0.39, 0.29) is 0 Å². The first-order chi connectivity index (χ1) is 6.13. The molecule has 2 N–H and O–H groups in total. The molecule has 0 radical (unpaired) electrons. The van der Waals surface area contributed by atoms with E-state index in [4.69, 9.17) is 5.11 Å². The molecule has 4 heteroatoms. The lowest BCUT2D eigenvalue weighted by Crippen LogP contribution is -2.25. The van der Waals surface area contributed by atoms with Gasteiger partial charge in [0.15, 0.2) is 6.10 Å². The highest BCUT2D eigenvalue weighted by Crippen LogP contribution is 2.17. The van der Waals surface area contributed by atoms with Gasteiger partial charge in [-0.05, 0) is 17.7 Å². The van der Waals surface area contributed by atoms with Gasteiger partial charge in [0, 0.05) is 18.3 Å². The van der Waals surface area contributed by atoms with Crippen LogP contribution in [0.1, 0.15) is 18.4 Å². The zero-order chi connectivity index (χ0) is 9.84. The molecule has 4 nitrogen and oxygen atoms in total. The molecule has 0 aromatic carbocycles. The number of aromatic nitrogens is 1. The Labute approximate surface area is 75.9 Å². The molecule has 1 rings (SSSR count). The molecule has 70 valence electrons. The maximum absolute atomic E-state index is 10.4. The smallest absolute Gasteiger partial charge is 0.333 e. The number of carbonyl (C=O) groups is 1. The molecule has 0 amide bonds. The topological polar surface area (TPSA) is 70.4 Å². The van der Waals surface area contributed by atoms with Gasteiger partial charge in [-0.15, -0.1) is 0 Å². The van der Waals surface area contributed by atoms with Crippen LogP contribution >= 0.6 is 0 Å². The Balaban J connectivity index is 2.79. The van der Waals surface area contributed by atoms with Crippen LogP contribution in [0.4, 0.5) is 0 Å². The third-order valence-corrected chi connectivity index (χ3v) is 1.96. The Morgan fingerprint density at radius 3 is 2.46 bits per heavy atom. The molecule has 1 aromatic rings. The van der Waals surface area contributed by atoms with Crippen molar-refractivity contribution >= 4 is 5.97 Å². The van der Waals surface area contributed by atoms with E-state index in [1.54, 1.807) is 31.5 Å². The number of aliphatic carboxylic acids is 1. The first kappa shape index (κ1) is 9.67. The van der Waals surface area contributed by atoms with Crippen LogP contribution in [0.3, 0.4) is 0 Å². The van der Waals surface area contributed by atoms with E-state index in [1.165, 1.54) is 0 Å². The standard InChI is InChI=1S/C9H11NO3/c1-6(8(11)9(12)13)7-2-4-10-5-3-7/h2-6,8,11H,1H3,(H,12,13). The molecule has 0 spiro atoms. The number of rotatable bonds is 3. The summed E-state index contributed by atoms with van der Waals surface area (Å²) in [6.07, 6.45) is 1.78. The van der Waals surface area contributed by atoms with Gasteiger partial charge in [-0.25, -0.2) is 4.79 Å². The molecule has 2 unspecified atom stereocenters. The van der Waals surface area contributed by atoms with Gasteiger partial charge < -0.3 is 10.2 Å². The van der Waals surface area contributed by atoms with Gasteiger partial charge in [0.05, 0.1) is 0 Å². The molecule has 1 aromatic heterocycles. The minimum absolute atomic E-state index is 0.416. The van der Waals surface area contributed by atoms with E-state index in [9.17, 15) is 9.90 Å². The third-order valence-electron chi connectivity index (χ3n) is 1.96. The molecule has 2 atom stereocenters. The normalized spacial score (nSPS) is 14.9. The average molecular weight is 181 g/mol. The van der Waals surface area contributed by atoms with Gasteiger partial charge >= 0.3 is 5.97 Å². The predicted octanol–water partition coefficient (Wildman–Crippen LogP) is 0.631. The fraction of sp³-hybridized carbons (Fsp3) is 0.333. The number of nitrogens with zero attached hydrogens (tertiary/aromatic N) is 1. The molecule has 0 saturated carbocycles. The molecule has 13 heavy (non-hydrogen) atoms. The summed E-state index contributed by atoms with van der Waals surface area (Å²) in [6, 6.07) is 3.38. The third kappa shape index (κ3) is 2.26. The maximum Gasteiger partial charge on any atom is 0.333 e. The maximum atomic E-state index is 10.4. The zero-order valence-electron chi connectivity index (χ0n) is 7.21. The van der Waals surface area contributed by atoms with Crippen molar-refractivity contribution in [2.75, 3.05) is 0 Å². The molecule has 0 aliphatic rings. The Bertz CT molecular complexity index is 286. The summed E-state index contributed by atoms with van der Waals surface area (Å²) in [5, 5.41) is 17.8. The van der Waals surface area contributed by atoms with Gasteiger partial charge in [-0.1, -0.05) is 6.92 Å². The predicted molar refractivity (Wildman–Crippen MR) is 46.3 cm³/mol. The van der Waals surface area contributed by atoms with Crippen LogP contribution in [0.5, 0.6) is 0 Å². The highest BCUT2D eigenvalue weighted by molar-refractivity contribution is 5.73. The molecular formula is C9H11NO3. The van der Waals surface area contributed by atoms with Gasteiger partial charge in [-0.2, -0.15) is 0 Å². The van der Waals surface area contributed by atoms with Gasteiger partial charge in [-0.3, -0.25) is 4.98 Å². The second-order valence-electron chi connectivity index (χ2n) is 2.85. The molecule has 1 heterocycles. The van der Waals surface area contributed by atoms with Crippen LogP contribution in [-0.2, 0) is 4.79 Å². The fourth-order valence-electron chi connectivity index (χ4n) is 1.06. The number of carboxylic acids is 1. The number of aliphatic hydroxyl groups is 1. The van der Waals surface area contributed by atoms with Crippen molar-refractivity contribution in [3.05, 3.63) is 30.1 Å². The molecule has 0 aliphatic carbocycles. The van der Waals surface area contributed by atoms with Crippen molar-refractivity contribution in [1.29, 1.82) is 0 Å². The number of pyridine rings is 1. The summed E-state index contributed by atoms with van der Waals surface area (Å²) in [5.74, 6) is -1.62. The lowest BCUT2D eigenvalue weighted by molar-refractivity contribution is -0.147. The van der Waals surface area contributed by atoms with E-state index in [1.807, 2.05) is 0 Å². The number of hydrogen-bond donors (Lipinski definition) is 2. The van der Waals surface area contributed by atoms with E-state index in [0.29, 0.717) is 0 Å². The highest BCUT2D eigenvalue weighted by atomic mass is 16.4. The highest BCUT2D eigenvalue weighted by Gasteiger charge is 2.22. The minimum Gasteiger partial charge on any atom is -0.479 e. The van der Waals surface area contributed by atoms with Gasteiger partial charge in [0.1, 0.15) is 0 Å². The van der Waals surface area contributed by atoms with Crippen LogP contribution < -0.4 is 0 Å². The van der Waals surface area contributed by atoms with Crippen LogP contribution in [0, 0.1) is 0 Å². The SMILES string of the molecule is CC(c1ccncc1)C(O)C(=O)O. The summed E-state index contributed by atoms with van der Waals surface area (Å²) in [4.78, 5) is 14.3. The summed E-state index contributed by atoms with van der Waals surface area (Å²) < 4.78 is 0. The van der Waals surface area contributed by atoms with E-state index in [0.717, 1.165) is 5.56 Å². The molecule has 0 bridgehead atoms. The first-order valence-corrected chi connectivity index (χ1v) is 3.93. The largest absolute Gasteiger partial charge is 0.479 e. The van der Waals surface area contributed by atoms with Crippen molar-refractivity contribution < 1.29 is 15.0 Å². The summed E-state index contributed by atoms with van der Waals surface area (Å²) in [7, 11) is 0. The molecule has 0 aliphatic heterocycles. The monoisotopic (exact) mass is 181 g/mol. The van der Waals surface area contributed by atoms with Crippen molar-refractivity contribution in [3.8, 4) is 0 Å². The fourth-order valence-corrected chi connectivity index (χ4v) is 1.06. The van der Waals surface area contributed by atoms with E-state index in [2.05, 4.69) is 4.98 Å². The number of hydrogen-bond acceptors (Lipinski definition) is 3. The van der Waals surface area contributed by atoms with Crippen molar-refractivity contribution in [2.45, 2.75) is 18.9 Å². The average Bonchev–Trinajstić information content (AvgIpc) is 2.17. The Morgan fingerprint density at radius 1 is 1.46 bits per heavy atom. The number of carboxylic acid groups (broad SMARTS) is 1. The summed E-state index contributed by atoms with van der Waals surface area (Å²) >= 11 is 0.